The van der Waals surface area contributed by atoms with Crippen molar-refractivity contribution in [2.24, 2.45) is 0 Å². The van der Waals surface area contributed by atoms with Gasteiger partial charge in [-0.3, -0.25) is 0 Å². The van der Waals surface area contributed by atoms with Crippen LogP contribution in [-0.4, -0.2) is 65.4 Å². The first kappa shape index (κ1) is 16.7. The number of urea groups is 1. The van der Waals surface area contributed by atoms with Gasteiger partial charge in [-0.25, -0.2) is 9.59 Å². The highest BCUT2D eigenvalue weighted by Gasteiger charge is 2.30. The quantitative estimate of drug-likeness (QED) is 0.493. The molecular formula is C11H23N3O4. The molecule has 1 atom stereocenters. The van der Waals surface area contributed by atoms with Gasteiger partial charge in [0.2, 0.25) is 0 Å². The molecule has 0 radical (unpaired) electrons. The van der Waals surface area contributed by atoms with Crippen LogP contribution in [0.2, 0.25) is 0 Å². The van der Waals surface area contributed by atoms with Gasteiger partial charge in [0, 0.05) is 19.1 Å². The summed E-state index contributed by atoms with van der Waals surface area (Å²) < 4.78 is 0. The average molecular weight is 261 g/mol. The molecule has 0 aromatic heterocycles. The zero-order valence-corrected chi connectivity index (χ0v) is 11.4. The van der Waals surface area contributed by atoms with Crippen LogP contribution in [0.3, 0.4) is 0 Å². The van der Waals surface area contributed by atoms with Crippen LogP contribution in [0.25, 0.3) is 0 Å². The van der Waals surface area contributed by atoms with Crippen LogP contribution in [0.4, 0.5) is 4.79 Å². The Bertz CT molecular complexity index is 292. The lowest BCUT2D eigenvalue weighted by Gasteiger charge is -2.21. The molecule has 0 rings (SSSR count). The topological polar surface area (TPSA) is 102 Å². The third-order valence-electron chi connectivity index (χ3n) is 2.69. The molecule has 7 heteroatoms. The first-order valence-electron chi connectivity index (χ1n) is 5.84. The van der Waals surface area contributed by atoms with Crippen molar-refractivity contribution in [2.45, 2.75) is 32.4 Å². The number of carboxylic acid groups (broad SMARTS) is 1. The zero-order chi connectivity index (χ0) is 14.3. The minimum absolute atomic E-state index is 0.339. The Labute approximate surface area is 107 Å². The Morgan fingerprint density at radius 3 is 2.33 bits per heavy atom. The molecule has 18 heavy (non-hydrogen) atoms. The molecule has 0 aromatic carbocycles. The summed E-state index contributed by atoms with van der Waals surface area (Å²) in [5.41, 5.74) is -1.95. The van der Waals surface area contributed by atoms with Gasteiger partial charge in [0.25, 0.3) is 0 Å². The molecule has 0 saturated heterocycles. The van der Waals surface area contributed by atoms with Crippen molar-refractivity contribution in [3.63, 3.8) is 0 Å². The summed E-state index contributed by atoms with van der Waals surface area (Å²) in [5, 5.41) is 22.9. The van der Waals surface area contributed by atoms with E-state index in [-0.39, 0.29) is 6.54 Å². The van der Waals surface area contributed by atoms with Gasteiger partial charge >= 0.3 is 12.0 Å². The number of aliphatic hydroxyl groups is 1. The molecule has 0 aliphatic carbocycles. The van der Waals surface area contributed by atoms with Crippen molar-refractivity contribution in [2.75, 3.05) is 26.7 Å². The van der Waals surface area contributed by atoms with Gasteiger partial charge in [-0.05, 0) is 27.8 Å². The molecule has 0 aromatic rings. The minimum atomic E-state index is -1.95. The van der Waals surface area contributed by atoms with Gasteiger partial charge in [-0.1, -0.05) is 0 Å². The fourth-order valence-corrected chi connectivity index (χ4v) is 0.994. The number of hydrogen-bond acceptors (Lipinski definition) is 4. The highest BCUT2D eigenvalue weighted by molar-refractivity contribution is 5.79. The molecular weight excluding hydrogens is 238 g/mol. The number of carboxylic acids is 1. The minimum Gasteiger partial charge on any atom is -0.479 e. The van der Waals surface area contributed by atoms with E-state index in [4.69, 9.17) is 5.11 Å². The molecule has 2 amide bonds. The molecule has 0 saturated carbocycles. The summed E-state index contributed by atoms with van der Waals surface area (Å²) in [6.45, 7) is 6.03. The molecule has 106 valence electrons. The third-order valence-corrected chi connectivity index (χ3v) is 2.69. The largest absolute Gasteiger partial charge is 0.479 e. The maximum Gasteiger partial charge on any atom is 0.337 e. The summed E-state index contributed by atoms with van der Waals surface area (Å²) in [4.78, 5) is 24.0. The van der Waals surface area contributed by atoms with Gasteiger partial charge in [-0.2, -0.15) is 0 Å². The van der Waals surface area contributed by atoms with Gasteiger partial charge in [-0.15, -0.1) is 0 Å². The van der Waals surface area contributed by atoms with Gasteiger partial charge in [0.15, 0.2) is 5.60 Å². The van der Waals surface area contributed by atoms with E-state index in [1.54, 1.807) is 0 Å². The van der Waals surface area contributed by atoms with Crippen molar-refractivity contribution >= 4 is 12.0 Å². The SMILES string of the molecule is CC(C)N(C)CCNC(=O)NCC(C)(O)C(=O)O. The molecule has 0 spiro atoms. The molecule has 4 N–H and O–H groups in total. The van der Waals surface area contributed by atoms with Crippen molar-refractivity contribution in [1.82, 2.24) is 15.5 Å². The number of rotatable bonds is 7. The van der Waals surface area contributed by atoms with Crippen molar-refractivity contribution in [3.8, 4) is 0 Å². The number of nitrogens with one attached hydrogen (secondary N) is 2. The van der Waals surface area contributed by atoms with Crippen LogP contribution < -0.4 is 10.6 Å². The second-order valence-corrected chi connectivity index (χ2v) is 4.76. The van der Waals surface area contributed by atoms with Crippen LogP contribution in [-0.2, 0) is 4.79 Å². The van der Waals surface area contributed by atoms with E-state index in [0.29, 0.717) is 19.1 Å². The van der Waals surface area contributed by atoms with Crippen LogP contribution >= 0.6 is 0 Å². The Morgan fingerprint density at radius 1 is 1.33 bits per heavy atom. The number of amides is 2. The zero-order valence-electron chi connectivity index (χ0n) is 11.4. The standard InChI is InChI=1S/C11H23N3O4/c1-8(2)14(4)6-5-12-10(17)13-7-11(3,18)9(15)16/h8,18H,5-7H2,1-4H3,(H,15,16)(H2,12,13,17). The number of aliphatic carboxylic acids is 1. The van der Waals surface area contributed by atoms with E-state index in [1.165, 1.54) is 0 Å². The van der Waals surface area contributed by atoms with E-state index in [2.05, 4.69) is 15.5 Å². The Hall–Kier alpha value is -1.34. The average Bonchev–Trinajstić information content (AvgIpc) is 2.26. The number of nitrogens with zero attached hydrogens (tertiary/aromatic N) is 1. The maximum atomic E-state index is 11.3. The van der Waals surface area contributed by atoms with Gasteiger partial charge < -0.3 is 25.7 Å². The number of hydrogen-bond donors (Lipinski definition) is 4. The monoisotopic (exact) mass is 261 g/mol. The molecule has 0 aliphatic rings. The fraction of sp³-hybridized carbons (Fsp3) is 0.818. The Kier molecular flexibility index (Phi) is 6.64. The van der Waals surface area contributed by atoms with E-state index < -0.39 is 17.6 Å². The van der Waals surface area contributed by atoms with Crippen LogP contribution in [0.1, 0.15) is 20.8 Å². The highest BCUT2D eigenvalue weighted by Crippen LogP contribution is 2.00. The molecule has 0 heterocycles. The van der Waals surface area contributed by atoms with E-state index in [0.717, 1.165) is 6.92 Å². The van der Waals surface area contributed by atoms with Crippen LogP contribution in [0.5, 0.6) is 0 Å². The first-order chi connectivity index (χ1) is 8.16. The highest BCUT2D eigenvalue weighted by atomic mass is 16.4. The molecule has 1 unspecified atom stereocenters. The summed E-state index contributed by atoms with van der Waals surface area (Å²) in [6, 6.07) is -0.101. The molecule has 7 nitrogen and oxygen atoms in total. The normalized spacial score (nSPS) is 14.4. The van der Waals surface area contributed by atoms with Gasteiger partial charge in [0.05, 0.1) is 6.54 Å². The molecule has 0 fully saturated rings. The predicted molar refractivity (Wildman–Crippen MR) is 67.4 cm³/mol. The van der Waals surface area contributed by atoms with E-state index in [1.807, 2.05) is 20.9 Å². The lowest BCUT2D eigenvalue weighted by Crippen LogP contribution is -2.50. The second-order valence-electron chi connectivity index (χ2n) is 4.76. The van der Waals surface area contributed by atoms with Crippen LogP contribution in [0, 0.1) is 0 Å². The number of likely N-dealkylation sites (N-methyl/N-ethyl adjacent to an activating group) is 1. The molecule has 0 bridgehead atoms. The maximum absolute atomic E-state index is 11.3. The number of carbonyl (C=O) groups excluding carboxylic acids is 1. The summed E-state index contributed by atoms with van der Waals surface area (Å²) in [5.74, 6) is -1.37. The van der Waals surface area contributed by atoms with Gasteiger partial charge in [0.1, 0.15) is 0 Å². The van der Waals surface area contributed by atoms with Crippen molar-refractivity contribution in [3.05, 3.63) is 0 Å². The van der Waals surface area contributed by atoms with E-state index in [9.17, 15) is 14.7 Å². The van der Waals surface area contributed by atoms with Crippen molar-refractivity contribution in [1.29, 1.82) is 0 Å². The predicted octanol–water partition coefficient (Wildman–Crippen LogP) is -0.539. The van der Waals surface area contributed by atoms with E-state index >= 15 is 0 Å². The smallest absolute Gasteiger partial charge is 0.337 e. The fourth-order valence-electron chi connectivity index (χ4n) is 0.994. The summed E-state index contributed by atoms with van der Waals surface area (Å²) >= 11 is 0. The van der Waals surface area contributed by atoms with Crippen LogP contribution in [0.15, 0.2) is 0 Å². The molecule has 0 aliphatic heterocycles. The third kappa shape index (κ3) is 6.41. The summed E-state index contributed by atoms with van der Waals surface area (Å²) in [7, 11) is 1.94. The number of carbonyl (C=O) groups is 2. The second kappa shape index (κ2) is 7.17. The first-order valence-corrected chi connectivity index (χ1v) is 5.84. The Morgan fingerprint density at radius 2 is 1.89 bits per heavy atom. The lowest BCUT2D eigenvalue weighted by atomic mass is 10.1. The van der Waals surface area contributed by atoms with Crippen molar-refractivity contribution < 1.29 is 19.8 Å². The lowest BCUT2D eigenvalue weighted by molar-refractivity contribution is -0.155. The summed E-state index contributed by atoms with van der Waals surface area (Å²) in [6.07, 6.45) is 0. The Balaban J connectivity index is 3.83.